The van der Waals surface area contributed by atoms with Crippen molar-refractivity contribution in [2.45, 2.75) is 58.0 Å². The van der Waals surface area contributed by atoms with E-state index >= 15 is 0 Å². The van der Waals surface area contributed by atoms with E-state index in [0.29, 0.717) is 5.75 Å². The van der Waals surface area contributed by atoms with E-state index in [1.807, 2.05) is 38.7 Å². The number of hydrogen-bond donors (Lipinski definition) is 1. The molecule has 2 aromatic rings. The third-order valence-electron chi connectivity index (χ3n) is 3.88. The Morgan fingerprint density at radius 2 is 1.84 bits per heavy atom. The molecule has 0 spiro atoms. The molecule has 1 N–H and O–H groups in total. The number of carbonyl (C=O) groups is 1. The number of nitrogens with one attached hydrogen (secondary N) is 1. The van der Waals surface area contributed by atoms with Gasteiger partial charge >= 0.3 is 0 Å². The van der Waals surface area contributed by atoms with Gasteiger partial charge in [0.15, 0.2) is 4.34 Å². The number of carbonyl (C=O) groups excluding carboxylic acids is 1. The second-order valence-corrected chi connectivity index (χ2v) is 8.77. The van der Waals surface area contributed by atoms with Crippen molar-refractivity contribution in [1.29, 1.82) is 0 Å². The van der Waals surface area contributed by atoms with Crippen molar-refractivity contribution in [3.8, 4) is 0 Å². The summed E-state index contributed by atoms with van der Waals surface area (Å²) in [5.41, 5.74) is 3.49. The molecule has 0 aliphatic carbocycles. The molecule has 0 bridgehead atoms. The van der Waals surface area contributed by atoms with Crippen LogP contribution in [0.15, 0.2) is 22.5 Å². The first kappa shape index (κ1) is 19.7. The highest BCUT2D eigenvalue weighted by Gasteiger charge is 2.20. The minimum absolute atomic E-state index is 0.133. The van der Waals surface area contributed by atoms with Crippen molar-refractivity contribution in [3.63, 3.8) is 0 Å². The molecular weight excluding hydrogens is 352 g/mol. The molecule has 1 amide bonds. The number of thioether (sulfide) groups is 1. The molecule has 1 heterocycles. The summed E-state index contributed by atoms with van der Waals surface area (Å²) < 4.78 is 0.798. The summed E-state index contributed by atoms with van der Waals surface area (Å²) in [5, 5.41) is 12.4. The van der Waals surface area contributed by atoms with Crippen molar-refractivity contribution < 1.29 is 4.79 Å². The summed E-state index contributed by atoms with van der Waals surface area (Å²) in [7, 11) is 0. The van der Waals surface area contributed by atoms with Crippen molar-refractivity contribution in [2.24, 2.45) is 0 Å². The summed E-state index contributed by atoms with van der Waals surface area (Å²) in [6.45, 7) is 12.3. The van der Waals surface area contributed by atoms with Gasteiger partial charge in [0.2, 0.25) is 11.0 Å². The quantitative estimate of drug-likeness (QED) is 0.712. The monoisotopic (exact) mass is 378 g/mol. The zero-order valence-electron chi connectivity index (χ0n) is 15.7. The molecule has 0 radical (unpaired) electrons. The number of rotatable bonds is 7. The number of aryl methyl sites for hydroxylation is 2. The largest absolute Gasteiger partial charge is 0.337 e. The van der Waals surface area contributed by atoms with E-state index in [-0.39, 0.29) is 18.0 Å². The normalized spacial score (nSPS) is 11.2. The molecular formula is C18H26N4OS2. The number of amides is 1. The molecule has 0 saturated carbocycles. The van der Waals surface area contributed by atoms with Crippen LogP contribution in [0.4, 0.5) is 10.8 Å². The van der Waals surface area contributed by atoms with Gasteiger partial charge in [0.25, 0.3) is 0 Å². The van der Waals surface area contributed by atoms with Crippen LogP contribution in [0.5, 0.6) is 0 Å². The molecule has 136 valence electrons. The van der Waals surface area contributed by atoms with E-state index in [1.54, 1.807) is 0 Å². The number of nitrogens with zero attached hydrogens (tertiary/aromatic N) is 3. The molecule has 0 aliphatic rings. The summed E-state index contributed by atoms with van der Waals surface area (Å²) in [6, 6.07) is 6.60. The maximum Gasteiger partial charge on any atom is 0.233 e. The fraction of sp³-hybridized carbons (Fsp3) is 0.500. The van der Waals surface area contributed by atoms with Crippen LogP contribution in [-0.2, 0) is 4.79 Å². The Balaban J connectivity index is 1.95. The van der Waals surface area contributed by atoms with Crippen LogP contribution in [0.3, 0.4) is 0 Å². The predicted molar refractivity (Wildman–Crippen MR) is 107 cm³/mol. The number of hydrogen-bond acceptors (Lipinski definition) is 6. The van der Waals surface area contributed by atoms with Gasteiger partial charge in [-0.25, -0.2) is 0 Å². The van der Waals surface area contributed by atoms with Gasteiger partial charge in [-0.3, -0.25) is 4.79 Å². The molecule has 1 aromatic heterocycles. The van der Waals surface area contributed by atoms with E-state index in [1.165, 1.54) is 34.2 Å². The van der Waals surface area contributed by atoms with Gasteiger partial charge in [-0.2, -0.15) is 0 Å². The van der Waals surface area contributed by atoms with Crippen molar-refractivity contribution >= 4 is 39.8 Å². The lowest BCUT2D eigenvalue weighted by Gasteiger charge is -2.30. The maximum atomic E-state index is 12.4. The molecule has 25 heavy (non-hydrogen) atoms. The summed E-state index contributed by atoms with van der Waals surface area (Å²) in [4.78, 5) is 14.3. The molecule has 0 fully saturated rings. The minimum atomic E-state index is 0.133. The number of anilines is 2. The van der Waals surface area contributed by atoms with Crippen LogP contribution < -0.4 is 5.32 Å². The lowest BCUT2D eigenvalue weighted by Crippen LogP contribution is -2.43. The zero-order valence-corrected chi connectivity index (χ0v) is 17.3. The lowest BCUT2D eigenvalue weighted by molar-refractivity contribution is -0.131. The van der Waals surface area contributed by atoms with Gasteiger partial charge in [-0.15, -0.1) is 10.2 Å². The van der Waals surface area contributed by atoms with Crippen LogP contribution in [-0.4, -0.2) is 38.8 Å². The van der Waals surface area contributed by atoms with E-state index in [4.69, 9.17) is 0 Å². The molecule has 1 aromatic carbocycles. The van der Waals surface area contributed by atoms with Crippen molar-refractivity contribution in [1.82, 2.24) is 15.1 Å². The van der Waals surface area contributed by atoms with Gasteiger partial charge in [0, 0.05) is 17.8 Å². The second kappa shape index (κ2) is 8.67. The van der Waals surface area contributed by atoms with Crippen molar-refractivity contribution in [3.05, 3.63) is 29.3 Å². The van der Waals surface area contributed by atoms with Gasteiger partial charge in [0.1, 0.15) is 0 Å². The topological polar surface area (TPSA) is 58.1 Å². The zero-order chi connectivity index (χ0) is 18.6. The van der Waals surface area contributed by atoms with Crippen LogP contribution in [0, 0.1) is 13.8 Å². The fourth-order valence-electron chi connectivity index (χ4n) is 2.63. The summed E-state index contributed by atoms with van der Waals surface area (Å²) in [5.74, 6) is 0.517. The van der Waals surface area contributed by atoms with Crippen molar-refractivity contribution in [2.75, 3.05) is 11.1 Å². The van der Waals surface area contributed by atoms with Gasteiger partial charge in [0.05, 0.1) is 5.75 Å². The minimum Gasteiger partial charge on any atom is -0.337 e. The fourth-order valence-corrected chi connectivity index (χ4v) is 4.27. The Hall–Kier alpha value is -1.60. The maximum absolute atomic E-state index is 12.4. The molecule has 0 atom stereocenters. The summed E-state index contributed by atoms with van der Waals surface area (Å²) in [6.07, 6.45) is 0. The van der Waals surface area contributed by atoms with E-state index in [2.05, 4.69) is 41.5 Å². The number of aromatic nitrogens is 2. The van der Waals surface area contributed by atoms with Crippen LogP contribution >= 0.6 is 23.1 Å². The smallest absolute Gasteiger partial charge is 0.233 e. The first-order chi connectivity index (χ1) is 11.8. The molecule has 0 aliphatic heterocycles. The average Bonchev–Trinajstić information content (AvgIpc) is 2.96. The molecule has 0 unspecified atom stereocenters. The van der Waals surface area contributed by atoms with Crippen LogP contribution in [0.2, 0.25) is 0 Å². The van der Waals surface area contributed by atoms with E-state index in [0.717, 1.165) is 15.2 Å². The van der Waals surface area contributed by atoms with Gasteiger partial charge in [-0.05, 0) is 64.8 Å². The molecule has 7 heteroatoms. The number of benzene rings is 1. The van der Waals surface area contributed by atoms with E-state index in [9.17, 15) is 4.79 Å². The van der Waals surface area contributed by atoms with E-state index < -0.39 is 0 Å². The highest BCUT2D eigenvalue weighted by molar-refractivity contribution is 8.01. The Labute approximate surface area is 158 Å². The summed E-state index contributed by atoms with van der Waals surface area (Å²) >= 11 is 2.91. The molecule has 2 rings (SSSR count). The Morgan fingerprint density at radius 1 is 1.16 bits per heavy atom. The molecule has 0 saturated heterocycles. The van der Waals surface area contributed by atoms with Crippen LogP contribution in [0.1, 0.15) is 38.8 Å². The average molecular weight is 379 g/mol. The predicted octanol–water partition coefficient (Wildman–Crippen LogP) is 4.64. The first-order valence-electron chi connectivity index (χ1n) is 8.39. The lowest BCUT2D eigenvalue weighted by atomic mass is 10.1. The Bertz CT molecular complexity index is 720. The Kier molecular flexibility index (Phi) is 6.84. The standard InChI is InChI=1S/C18H26N4OS2/c1-11(2)22(12(3)4)16(23)10-24-18-21-20-17(25-18)19-15-8-7-13(5)14(6)9-15/h7-9,11-12H,10H2,1-6H3,(H,19,20). The van der Waals surface area contributed by atoms with Crippen LogP contribution in [0.25, 0.3) is 0 Å². The second-order valence-electron chi connectivity index (χ2n) is 6.57. The Morgan fingerprint density at radius 3 is 2.44 bits per heavy atom. The molecule has 5 nitrogen and oxygen atoms in total. The highest BCUT2D eigenvalue weighted by Crippen LogP contribution is 2.28. The third kappa shape index (κ3) is 5.44. The first-order valence-corrected chi connectivity index (χ1v) is 10.2. The van der Waals surface area contributed by atoms with Gasteiger partial charge in [-0.1, -0.05) is 29.2 Å². The SMILES string of the molecule is Cc1ccc(Nc2nnc(SCC(=O)N(C(C)C)C(C)C)s2)cc1C. The van der Waals surface area contributed by atoms with Gasteiger partial charge < -0.3 is 10.2 Å². The highest BCUT2D eigenvalue weighted by atomic mass is 32.2. The third-order valence-corrected chi connectivity index (χ3v) is 5.84.